The molecular formula is C16H20N4O2. The molecular weight excluding hydrogens is 280 g/mol. The Balaban J connectivity index is 2.24. The van der Waals surface area contributed by atoms with E-state index in [1.807, 2.05) is 13.8 Å². The summed E-state index contributed by atoms with van der Waals surface area (Å²) in [6.07, 6.45) is 5.48. The number of hydrogen-bond donors (Lipinski definition) is 0. The Bertz CT molecular complexity index is 632. The first-order chi connectivity index (χ1) is 10.5. The number of nitrogens with zero attached hydrogens (tertiary/aromatic N) is 4. The van der Waals surface area contributed by atoms with Gasteiger partial charge < -0.3 is 14.6 Å². The molecule has 0 atom stereocenters. The lowest BCUT2D eigenvalue weighted by molar-refractivity contribution is -0.140. The van der Waals surface area contributed by atoms with Crippen LogP contribution in [-0.2, 0) is 11.3 Å². The number of nitriles is 1. The van der Waals surface area contributed by atoms with Crippen LogP contribution in [0.5, 0.6) is 5.75 Å². The summed E-state index contributed by atoms with van der Waals surface area (Å²) < 4.78 is 5.66. The molecule has 1 aliphatic rings. The number of carbonyl (C=O) groups is 1. The second-order valence-electron chi connectivity index (χ2n) is 5.89. The lowest BCUT2D eigenvalue weighted by atomic mass is 9.88. The highest BCUT2D eigenvalue weighted by Gasteiger charge is 2.33. The number of rotatable bonds is 3. The first-order valence-electron chi connectivity index (χ1n) is 7.19. The fraction of sp³-hybridized carbons (Fsp3) is 0.500. The predicted molar refractivity (Wildman–Crippen MR) is 82.7 cm³/mol. The van der Waals surface area contributed by atoms with E-state index in [2.05, 4.69) is 16.0 Å². The molecule has 1 aromatic heterocycles. The zero-order valence-corrected chi connectivity index (χ0v) is 13.2. The summed E-state index contributed by atoms with van der Waals surface area (Å²) in [5.74, 6) is 0.590. The maximum absolute atomic E-state index is 12.8. The molecule has 2 heterocycles. The summed E-state index contributed by atoms with van der Waals surface area (Å²) in [5, 5.41) is 9.12. The highest BCUT2D eigenvalue weighted by molar-refractivity contribution is 5.85. The maximum Gasteiger partial charge on any atom is 0.229 e. The molecule has 0 unspecified atom stereocenters. The number of aromatic nitrogens is 1. The van der Waals surface area contributed by atoms with Crippen molar-refractivity contribution in [1.82, 2.24) is 9.88 Å². The Morgan fingerprint density at radius 1 is 1.59 bits per heavy atom. The molecule has 1 amide bonds. The van der Waals surface area contributed by atoms with Gasteiger partial charge in [0.1, 0.15) is 24.0 Å². The molecule has 6 heteroatoms. The van der Waals surface area contributed by atoms with Gasteiger partial charge in [-0.1, -0.05) is 13.8 Å². The number of hydrogen-bond acceptors (Lipinski definition) is 5. The SMILES string of the molecule is C/N=C\CC(C)(C)C(=O)N1CCOc2c(C#N)cncc2C1. The van der Waals surface area contributed by atoms with Gasteiger partial charge in [0.05, 0.1) is 13.1 Å². The minimum absolute atomic E-state index is 0.0474. The molecule has 2 rings (SSSR count). The Labute approximate surface area is 130 Å². The van der Waals surface area contributed by atoms with E-state index in [1.165, 1.54) is 6.20 Å². The lowest BCUT2D eigenvalue weighted by Gasteiger charge is -2.29. The summed E-state index contributed by atoms with van der Waals surface area (Å²) in [5.41, 5.74) is 0.652. The molecule has 0 saturated carbocycles. The molecule has 0 N–H and O–H groups in total. The van der Waals surface area contributed by atoms with E-state index in [-0.39, 0.29) is 5.91 Å². The maximum atomic E-state index is 12.8. The van der Waals surface area contributed by atoms with Crippen LogP contribution in [-0.4, -0.2) is 42.2 Å². The van der Waals surface area contributed by atoms with Crippen LogP contribution in [0.2, 0.25) is 0 Å². The molecule has 1 aliphatic heterocycles. The summed E-state index contributed by atoms with van der Waals surface area (Å²) in [6, 6.07) is 2.08. The van der Waals surface area contributed by atoms with Gasteiger partial charge in [0, 0.05) is 30.4 Å². The van der Waals surface area contributed by atoms with Gasteiger partial charge in [-0.2, -0.15) is 5.26 Å². The predicted octanol–water partition coefficient (Wildman–Crippen LogP) is 1.79. The van der Waals surface area contributed by atoms with E-state index in [0.29, 0.717) is 37.4 Å². The van der Waals surface area contributed by atoms with Crippen molar-refractivity contribution in [3.8, 4) is 11.8 Å². The molecule has 0 fully saturated rings. The fourth-order valence-electron chi connectivity index (χ4n) is 2.41. The summed E-state index contributed by atoms with van der Waals surface area (Å²) >= 11 is 0. The second-order valence-corrected chi connectivity index (χ2v) is 5.89. The molecule has 0 saturated heterocycles. The smallest absolute Gasteiger partial charge is 0.229 e. The first kappa shape index (κ1) is 16.0. The quantitative estimate of drug-likeness (QED) is 0.797. The third-order valence-electron chi connectivity index (χ3n) is 3.71. The third-order valence-corrected chi connectivity index (χ3v) is 3.71. The highest BCUT2D eigenvalue weighted by atomic mass is 16.5. The summed E-state index contributed by atoms with van der Waals surface area (Å²) in [7, 11) is 1.70. The van der Waals surface area contributed by atoms with Gasteiger partial charge in [0.25, 0.3) is 0 Å². The fourth-order valence-corrected chi connectivity index (χ4v) is 2.41. The van der Waals surface area contributed by atoms with Crippen molar-refractivity contribution >= 4 is 12.1 Å². The van der Waals surface area contributed by atoms with E-state index >= 15 is 0 Å². The van der Waals surface area contributed by atoms with E-state index < -0.39 is 5.41 Å². The van der Waals surface area contributed by atoms with Gasteiger partial charge in [-0.15, -0.1) is 0 Å². The van der Waals surface area contributed by atoms with Crippen molar-refractivity contribution in [2.24, 2.45) is 10.4 Å². The number of fused-ring (bicyclic) bond motifs is 1. The normalized spacial score (nSPS) is 14.9. The van der Waals surface area contributed by atoms with Crippen LogP contribution in [0.1, 0.15) is 31.4 Å². The Hall–Kier alpha value is -2.42. The average molecular weight is 300 g/mol. The Morgan fingerprint density at radius 2 is 2.36 bits per heavy atom. The molecule has 22 heavy (non-hydrogen) atoms. The van der Waals surface area contributed by atoms with Gasteiger partial charge in [0.2, 0.25) is 5.91 Å². The molecule has 0 aromatic carbocycles. The highest BCUT2D eigenvalue weighted by Crippen LogP contribution is 2.29. The minimum atomic E-state index is -0.524. The number of aliphatic imine (C=N–C) groups is 1. The first-order valence-corrected chi connectivity index (χ1v) is 7.19. The van der Waals surface area contributed by atoms with Crippen molar-refractivity contribution in [3.05, 3.63) is 23.5 Å². The van der Waals surface area contributed by atoms with E-state index in [4.69, 9.17) is 10.00 Å². The van der Waals surface area contributed by atoms with Gasteiger partial charge >= 0.3 is 0 Å². The van der Waals surface area contributed by atoms with Crippen molar-refractivity contribution in [2.45, 2.75) is 26.8 Å². The van der Waals surface area contributed by atoms with Crippen molar-refractivity contribution in [3.63, 3.8) is 0 Å². The van der Waals surface area contributed by atoms with Gasteiger partial charge in [0.15, 0.2) is 0 Å². The van der Waals surface area contributed by atoms with Crippen LogP contribution in [0.15, 0.2) is 17.4 Å². The lowest BCUT2D eigenvalue weighted by Crippen LogP contribution is -2.41. The standard InChI is InChI=1S/C16H20N4O2/c1-16(2,4-5-18-3)15(21)20-6-7-22-14-12(8-17)9-19-10-13(14)11-20/h5,9-10H,4,6-7,11H2,1-3H3/b18-5-. The van der Waals surface area contributed by atoms with Gasteiger partial charge in [-0.25, -0.2) is 0 Å². The van der Waals surface area contributed by atoms with Crippen LogP contribution >= 0.6 is 0 Å². The number of carbonyl (C=O) groups excluding carboxylic acids is 1. The van der Waals surface area contributed by atoms with Crippen LogP contribution in [0.4, 0.5) is 0 Å². The number of ether oxygens (including phenoxy) is 1. The van der Waals surface area contributed by atoms with Crippen LogP contribution < -0.4 is 4.74 Å². The van der Waals surface area contributed by atoms with Gasteiger partial charge in [-0.3, -0.25) is 9.78 Å². The van der Waals surface area contributed by atoms with E-state index in [0.717, 1.165) is 5.56 Å². The number of amides is 1. The zero-order valence-electron chi connectivity index (χ0n) is 13.2. The monoisotopic (exact) mass is 300 g/mol. The number of pyridine rings is 1. The molecule has 0 bridgehead atoms. The van der Waals surface area contributed by atoms with Crippen molar-refractivity contribution in [1.29, 1.82) is 5.26 Å². The van der Waals surface area contributed by atoms with Crippen LogP contribution in [0.25, 0.3) is 0 Å². The Kier molecular flexibility index (Phi) is 4.76. The van der Waals surface area contributed by atoms with Crippen LogP contribution in [0.3, 0.4) is 0 Å². The van der Waals surface area contributed by atoms with Crippen molar-refractivity contribution in [2.75, 3.05) is 20.2 Å². The third kappa shape index (κ3) is 3.25. The van der Waals surface area contributed by atoms with E-state index in [1.54, 1.807) is 24.4 Å². The molecule has 6 nitrogen and oxygen atoms in total. The minimum Gasteiger partial charge on any atom is -0.490 e. The second kappa shape index (κ2) is 6.56. The van der Waals surface area contributed by atoms with Crippen molar-refractivity contribution < 1.29 is 9.53 Å². The van der Waals surface area contributed by atoms with Crippen LogP contribution in [0, 0.1) is 16.7 Å². The molecule has 0 radical (unpaired) electrons. The van der Waals surface area contributed by atoms with E-state index in [9.17, 15) is 4.79 Å². The largest absolute Gasteiger partial charge is 0.490 e. The molecule has 1 aromatic rings. The molecule has 0 spiro atoms. The summed E-state index contributed by atoms with van der Waals surface area (Å²) in [6.45, 7) is 5.09. The summed E-state index contributed by atoms with van der Waals surface area (Å²) in [4.78, 5) is 22.5. The topological polar surface area (TPSA) is 78.6 Å². The van der Waals surface area contributed by atoms with Gasteiger partial charge in [-0.05, 0) is 12.6 Å². The molecule has 0 aliphatic carbocycles. The average Bonchev–Trinajstić information content (AvgIpc) is 2.74. The molecule has 116 valence electrons. The Morgan fingerprint density at radius 3 is 3.05 bits per heavy atom. The zero-order chi connectivity index (χ0) is 16.2.